The highest BCUT2D eigenvalue weighted by molar-refractivity contribution is 5.99. The third-order valence-corrected chi connectivity index (χ3v) is 7.57. The topological polar surface area (TPSA) is 86.2 Å². The molecule has 0 heterocycles. The summed E-state index contributed by atoms with van der Waals surface area (Å²) in [6, 6.07) is 13.1. The number of amides is 2. The molecule has 2 aliphatic rings. The van der Waals surface area contributed by atoms with E-state index in [1.807, 2.05) is 12.1 Å². The molecule has 2 aromatic carbocycles. The fourth-order valence-corrected chi connectivity index (χ4v) is 5.26. The van der Waals surface area contributed by atoms with Gasteiger partial charge in [-0.05, 0) is 59.6 Å². The molecule has 0 radical (unpaired) electrons. The molecule has 4 N–H and O–H groups in total. The Morgan fingerprint density at radius 2 is 1.34 bits per heavy atom. The molecule has 0 aliphatic heterocycles. The van der Waals surface area contributed by atoms with E-state index in [4.69, 9.17) is 11.5 Å². The van der Waals surface area contributed by atoms with Gasteiger partial charge in [0.15, 0.2) is 0 Å². The van der Waals surface area contributed by atoms with Crippen LogP contribution in [-0.4, -0.2) is 11.8 Å². The van der Waals surface area contributed by atoms with Crippen LogP contribution in [0.15, 0.2) is 48.6 Å². The monoisotopic (exact) mass is 430 g/mol. The maximum atomic E-state index is 11.5. The molecule has 1 saturated carbocycles. The van der Waals surface area contributed by atoms with Crippen LogP contribution in [0.3, 0.4) is 0 Å². The predicted molar refractivity (Wildman–Crippen MR) is 128 cm³/mol. The Morgan fingerprint density at radius 3 is 1.81 bits per heavy atom. The second-order valence-electron chi connectivity index (χ2n) is 10.8. The van der Waals surface area contributed by atoms with Gasteiger partial charge in [0, 0.05) is 16.2 Å². The number of nitrogens with two attached hydrogens (primary N) is 2. The molecule has 0 unspecified atom stereocenters. The first kappa shape index (κ1) is 22.3. The minimum atomic E-state index is -0.975. The summed E-state index contributed by atoms with van der Waals surface area (Å²) < 4.78 is 0. The highest BCUT2D eigenvalue weighted by Crippen LogP contribution is 2.56. The van der Waals surface area contributed by atoms with Gasteiger partial charge in [-0.3, -0.25) is 9.59 Å². The lowest BCUT2D eigenvalue weighted by atomic mass is 9.66. The first-order chi connectivity index (χ1) is 14.9. The number of primary amides is 2. The Hall–Kier alpha value is -2.88. The largest absolute Gasteiger partial charge is 0.369 e. The van der Waals surface area contributed by atoms with Gasteiger partial charge in [-0.1, -0.05) is 76.2 Å². The standard InChI is InChI=1S/C28H34N2O2/c1-17-14-22-23(27(4,5)11-10-26(22,2)3)16-21(17)28(12-13-28)19-8-6-18(7-9-19)15-20(24(29)31)25(30)32/h6-11,14,16,20H,12-13,15H2,1-5H3,(H2,29,31)(H2,30,32). The highest BCUT2D eigenvalue weighted by atomic mass is 16.2. The smallest absolute Gasteiger partial charge is 0.230 e. The maximum absolute atomic E-state index is 11.5. The van der Waals surface area contributed by atoms with Crippen LogP contribution in [0.25, 0.3) is 0 Å². The van der Waals surface area contributed by atoms with Crippen molar-refractivity contribution in [2.75, 3.05) is 0 Å². The number of benzene rings is 2. The molecule has 0 aromatic heterocycles. The Bertz CT molecular complexity index is 1100. The Morgan fingerprint density at radius 1 is 0.844 bits per heavy atom. The molecule has 0 saturated heterocycles. The van der Waals surface area contributed by atoms with Gasteiger partial charge >= 0.3 is 0 Å². The van der Waals surface area contributed by atoms with Gasteiger partial charge in [0.1, 0.15) is 5.92 Å². The van der Waals surface area contributed by atoms with Crippen LogP contribution in [-0.2, 0) is 32.3 Å². The summed E-state index contributed by atoms with van der Waals surface area (Å²) in [5.74, 6) is -2.33. The van der Waals surface area contributed by atoms with Gasteiger partial charge in [-0.2, -0.15) is 0 Å². The number of carbonyl (C=O) groups is 2. The molecule has 2 aliphatic carbocycles. The Labute approximate surface area is 191 Å². The van der Waals surface area contributed by atoms with E-state index in [9.17, 15) is 9.59 Å². The number of rotatable bonds is 6. The second kappa shape index (κ2) is 7.33. The van der Waals surface area contributed by atoms with Crippen molar-refractivity contribution in [1.82, 2.24) is 0 Å². The van der Waals surface area contributed by atoms with Crippen LogP contribution in [0.5, 0.6) is 0 Å². The van der Waals surface area contributed by atoms with E-state index in [0.29, 0.717) is 0 Å². The second-order valence-corrected chi connectivity index (χ2v) is 10.8. The van der Waals surface area contributed by atoms with Crippen molar-refractivity contribution in [3.05, 3.63) is 81.9 Å². The van der Waals surface area contributed by atoms with Crippen molar-refractivity contribution in [3.63, 3.8) is 0 Å². The lowest BCUT2D eigenvalue weighted by Gasteiger charge is -2.38. The molecule has 4 nitrogen and oxygen atoms in total. The fraction of sp³-hybridized carbons (Fsp3) is 0.429. The molecular weight excluding hydrogens is 396 g/mol. The van der Waals surface area contributed by atoms with Crippen molar-refractivity contribution in [1.29, 1.82) is 0 Å². The predicted octanol–water partition coefficient (Wildman–Crippen LogP) is 4.33. The van der Waals surface area contributed by atoms with Crippen LogP contribution in [0, 0.1) is 12.8 Å². The van der Waals surface area contributed by atoms with Gasteiger partial charge in [0.25, 0.3) is 0 Å². The van der Waals surface area contributed by atoms with Gasteiger partial charge in [0.05, 0.1) is 0 Å². The number of aryl methyl sites for hydroxylation is 1. The van der Waals surface area contributed by atoms with E-state index >= 15 is 0 Å². The molecule has 168 valence electrons. The van der Waals surface area contributed by atoms with Gasteiger partial charge < -0.3 is 11.5 Å². The number of hydrogen-bond donors (Lipinski definition) is 2. The summed E-state index contributed by atoms with van der Waals surface area (Å²) in [5, 5.41) is 0. The summed E-state index contributed by atoms with van der Waals surface area (Å²) in [4.78, 5) is 23.1. The van der Waals surface area contributed by atoms with Crippen LogP contribution < -0.4 is 11.5 Å². The Balaban J connectivity index is 1.70. The lowest BCUT2D eigenvalue weighted by Crippen LogP contribution is -2.36. The highest BCUT2D eigenvalue weighted by Gasteiger charge is 2.47. The quantitative estimate of drug-likeness (QED) is 0.528. The molecular formula is C28H34N2O2. The first-order valence-corrected chi connectivity index (χ1v) is 11.4. The van der Waals surface area contributed by atoms with E-state index in [1.54, 1.807) is 0 Å². The van der Waals surface area contributed by atoms with Crippen LogP contribution in [0.2, 0.25) is 0 Å². The van der Waals surface area contributed by atoms with E-state index in [1.165, 1.54) is 27.8 Å². The summed E-state index contributed by atoms with van der Waals surface area (Å²) in [5.41, 5.74) is 18.5. The van der Waals surface area contributed by atoms with Gasteiger partial charge in [0.2, 0.25) is 11.8 Å². The van der Waals surface area contributed by atoms with Crippen molar-refractivity contribution in [2.45, 2.75) is 70.1 Å². The molecule has 32 heavy (non-hydrogen) atoms. The van der Waals surface area contributed by atoms with Crippen molar-refractivity contribution in [2.24, 2.45) is 17.4 Å². The molecule has 0 bridgehead atoms. The average molecular weight is 431 g/mol. The van der Waals surface area contributed by atoms with Crippen molar-refractivity contribution >= 4 is 11.8 Å². The maximum Gasteiger partial charge on any atom is 0.230 e. The zero-order chi connectivity index (χ0) is 23.5. The SMILES string of the molecule is Cc1cc2c(cc1C1(c3ccc(CC(C(N)=O)C(N)=O)cc3)CC1)C(C)(C)C=CC2(C)C. The summed E-state index contributed by atoms with van der Waals surface area (Å²) in [7, 11) is 0. The molecule has 2 aromatic rings. The summed E-state index contributed by atoms with van der Waals surface area (Å²) in [6.45, 7) is 11.4. The fourth-order valence-electron chi connectivity index (χ4n) is 5.26. The number of carbonyl (C=O) groups excluding carboxylic acids is 2. The number of hydrogen-bond acceptors (Lipinski definition) is 2. The first-order valence-electron chi connectivity index (χ1n) is 11.4. The van der Waals surface area contributed by atoms with E-state index in [-0.39, 0.29) is 22.7 Å². The number of allylic oxidation sites excluding steroid dienone is 2. The Kier molecular flexibility index (Phi) is 5.11. The number of fused-ring (bicyclic) bond motifs is 1. The lowest BCUT2D eigenvalue weighted by molar-refractivity contribution is -0.131. The molecule has 4 heteroatoms. The zero-order valence-electron chi connectivity index (χ0n) is 19.8. The van der Waals surface area contributed by atoms with Crippen molar-refractivity contribution < 1.29 is 9.59 Å². The van der Waals surface area contributed by atoms with Gasteiger partial charge in [-0.15, -0.1) is 0 Å². The summed E-state index contributed by atoms with van der Waals surface area (Å²) >= 11 is 0. The molecule has 4 rings (SSSR count). The van der Waals surface area contributed by atoms with Crippen LogP contribution >= 0.6 is 0 Å². The van der Waals surface area contributed by atoms with E-state index in [2.05, 4.69) is 71.0 Å². The van der Waals surface area contributed by atoms with Crippen LogP contribution in [0.4, 0.5) is 0 Å². The average Bonchev–Trinajstić information content (AvgIpc) is 3.51. The molecule has 1 fully saturated rings. The van der Waals surface area contributed by atoms with Crippen LogP contribution in [0.1, 0.15) is 73.9 Å². The molecule has 2 amide bonds. The van der Waals surface area contributed by atoms with E-state index in [0.717, 1.165) is 18.4 Å². The molecule has 0 spiro atoms. The minimum absolute atomic E-state index is 0.00573. The third kappa shape index (κ3) is 3.66. The third-order valence-electron chi connectivity index (χ3n) is 7.57. The normalized spacial score (nSPS) is 19.4. The molecule has 0 atom stereocenters. The van der Waals surface area contributed by atoms with Gasteiger partial charge in [-0.25, -0.2) is 0 Å². The summed E-state index contributed by atoms with van der Waals surface area (Å²) in [6.07, 6.45) is 7.17. The van der Waals surface area contributed by atoms with Crippen molar-refractivity contribution in [3.8, 4) is 0 Å². The zero-order valence-corrected chi connectivity index (χ0v) is 19.8. The van der Waals surface area contributed by atoms with E-state index < -0.39 is 17.7 Å². The minimum Gasteiger partial charge on any atom is -0.369 e.